The Kier molecular flexibility index (Phi) is 6.94. The van der Waals surface area contributed by atoms with E-state index in [1.807, 2.05) is 96.4 Å². The number of benzene rings is 4. The minimum absolute atomic E-state index is 0.0635. The molecular weight excluding hydrogens is 464 g/mol. The molecule has 0 fully saturated rings. The summed E-state index contributed by atoms with van der Waals surface area (Å²) in [7, 11) is 0. The first-order valence-corrected chi connectivity index (χ1v) is 12.0. The van der Waals surface area contributed by atoms with Crippen LogP contribution in [0.25, 0.3) is 11.0 Å². The molecule has 1 aromatic heterocycles. The van der Waals surface area contributed by atoms with Crippen LogP contribution in [-0.4, -0.2) is 21.4 Å². The molecule has 184 valence electrons. The third kappa shape index (κ3) is 5.51. The molecule has 0 saturated heterocycles. The maximum atomic E-state index is 13.2. The molecular formula is C30H26N4O3. The van der Waals surface area contributed by atoms with Gasteiger partial charge >= 0.3 is 0 Å². The van der Waals surface area contributed by atoms with Crippen LogP contribution < -0.4 is 15.4 Å². The zero-order chi connectivity index (χ0) is 25.6. The summed E-state index contributed by atoms with van der Waals surface area (Å²) in [6.45, 7) is 2.15. The van der Waals surface area contributed by atoms with Gasteiger partial charge in [-0.3, -0.25) is 9.59 Å². The second-order valence-electron chi connectivity index (χ2n) is 8.55. The van der Waals surface area contributed by atoms with Gasteiger partial charge in [-0.1, -0.05) is 54.6 Å². The highest BCUT2D eigenvalue weighted by Gasteiger charge is 2.16. The number of nitrogens with one attached hydrogen (secondary N) is 2. The Labute approximate surface area is 214 Å². The Morgan fingerprint density at radius 3 is 2.19 bits per heavy atom. The van der Waals surface area contributed by atoms with Crippen LogP contribution in [0.2, 0.25) is 0 Å². The molecule has 5 rings (SSSR count). The summed E-state index contributed by atoms with van der Waals surface area (Å²) in [5.74, 6) is 0.968. The molecule has 0 unspecified atom stereocenters. The Bertz CT molecular complexity index is 1550. The fourth-order valence-corrected chi connectivity index (χ4v) is 4.10. The third-order valence-corrected chi connectivity index (χ3v) is 6.04. The zero-order valence-electron chi connectivity index (χ0n) is 20.3. The number of amides is 2. The number of carbonyl (C=O) groups excluding carboxylic acids is 2. The van der Waals surface area contributed by atoms with Gasteiger partial charge in [0.1, 0.15) is 24.7 Å². The van der Waals surface area contributed by atoms with E-state index in [9.17, 15) is 9.59 Å². The molecule has 7 heteroatoms. The predicted octanol–water partition coefficient (Wildman–Crippen LogP) is 5.81. The van der Waals surface area contributed by atoms with Crippen LogP contribution in [0.3, 0.4) is 0 Å². The van der Waals surface area contributed by atoms with E-state index in [0.717, 1.165) is 22.3 Å². The number of imidazole rings is 1. The van der Waals surface area contributed by atoms with Gasteiger partial charge in [0, 0.05) is 16.9 Å². The number of hydrogen-bond donors (Lipinski definition) is 2. The normalized spacial score (nSPS) is 10.7. The average molecular weight is 491 g/mol. The summed E-state index contributed by atoms with van der Waals surface area (Å²) in [5.41, 5.74) is 4.24. The van der Waals surface area contributed by atoms with Crippen molar-refractivity contribution in [1.29, 1.82) is 0 Å². The van der Waals surface area contributed by atoms with Gasteiger partial charge in [-0.2, -0.15) is 0 Å². The van der Waals surface area contributed by atoms with Gasteiger partial charge in [0.05, 0.1) is 11.0 Å². The van der Waals surface area contributed by atoms with E-state index in [1.54, 1.807) is 18.2 Å². The molecule has 0 spiro atoms. The van der Waals surface area contributed by atoms with Crippen LogP contribution in [0, 0.1) is 6.92 Å². The Balaban J connectivity index is 1.33. The van der Waals surface area contributed by atoms with Crippen molar-refractivity contribution >= 4 is 34.2 Å². The lowest BCUT2D eigenvalue weighted by Gasteiger charge is -2.15. The fourth-order valence-electron chi connectivity index (χ4n) is 4.10. The van der Waals surface area contributed by atoms with Crippen molar-refractivity contribution < 1.29 is 14.3 Å². The minimum atomic E-state index is -0.209. The molecule has 37 heavy (non-hydrogen) atoms. The van der Waals surface area contributed by atoms with Crippen molar-refractivity contribution in [2.45, 2.75) is 20.1 Å². The number of aromatic nitrogens is 2. The molecule has 5 aromatic rings. The van der Waals surface area contributed by atoms with Gasteiger partial charge < -0.3 is 19.9 Å². The van der Waals surface area contributed by atoms with Gasteiger partial charge in [-0.15, -0.1) is 0 Å². The number of nitrogens with zero attached hydrogens (tertiary/aromatic N) is 2. The van der Waals surface area contributed by atoms with Crippen molar-refractivity contribution in [1.82, 2.24) is 9.55 Å². The van der Waals surface area contributed by atoms with E-state index >= 15 is 0 Å². The topological polar surface area (TPSA) is 85.2 Å². The Hall–Kier alpha value is -4.91. The third-order valence-electron chi connectivity index (χ3n) is 6.04. The molecule has 0 atom stereocenters. The molecule has 0 bridgehead atoms. The first-order chi connectivity index (χ1) is 18.1. The molecule has 0 radical (unpaired) electrons. The lowest BCUT2D eigenvalue weighted by molar-refractivity contribution is -0.116. The van der Waals surface area contributed by atoms with Gasteiger partial charge in [0.2, 0.25) is 5.91 Å². The summed E-state index contributed by atoms with van der Waals surface area (Å²) >= 11 is 0. The number of fused-ring (bicyclic) bond motifs is 1. The molecule has 0 aliphatic carbocycles. The predicted molar refractivity (Wildman–Crippen MR) is 145 cm³/mol. The largest absolute Gasteiger partial charge is 0.486 e. The Morgan fingerprint density at radius 1 is 0.784 bits per heavy atom. The maximum Gasteiger partial charge on any atom is 0.255 e. The van der Waals surface area contributed by atoms with E-state index in [2.05, 4.69) is 10.6 Å². The van der Waals surface area contributed by atoms with E-state index in [0.29, 0.717) is 22.8 Å². The van der Waals surface area contributed by atoms with Crippen molar-refractivity contribution in [3.05, 3.63) is 120 Å². The SMILES string of the molecule is Cc1c(NC(=O)Cn2c(COc3ccccc3)nc3ccccc32)cccc1NC(=O)c1ccccc1. The monoisotopic (exact) mass is 490 g/mol. The van der Waals surface area contributed by atoms with Crippen LogP contribution in [0.1, 0.15) is 21.7 Å². The highest BCUT2D eigenvalue weighted by molar-refractivity contribution is 6.05. The lowest BCUT2D eigenvalue weighted by Crippen LogP contribution is -2.21. The lowest BCUT2D eigenvalue weighted by atomic mass is 10.1. The molecule has 7 nitrogen and oxygen atoms in total. The number of ether oxygens (including phenoxy) is 1. The van der Waals surface area contributed by atoms with Crippen molar-refractivity contribution in [2.24, 2.45) is 0 Å². The van der Waals surface area contributed by atoms with Gasteiger partial charge in [0.15, 0.2) is 0 Å². The first-order valence-electron chi connectivity index (χ1n) is 12.0. The van der Waals surface area contributed by atoms with Crippen LogP contribution >= 0.6 is 0 Å². The quantitative estimate of drug-likeness (QED) is 0.287. The number of carbonyl (C=O) groups is 2. The Morgan fingerprint density at radius 2 is 1.43 bits per heavy atom. The molecule has 4 aromatic carbocycles. The zero-order valence-corrected chi connectivity index (χ0v) is 20.3. The summed E-state index contributed by atoms with van der Waals surface area (Å²) in [5, 5.41) is 5.92. The molecule has 2 amide bonds. The molecule has 2 N–H and O–H groups in total. The van der Waals surface area contributed by atoms with E-state index in [4.69, 9.17) is 9.72 Å². The summed E-state index contributed by atoms with van der Waals surface area (Å²) < 4.78 is 7.78. The average Bonchev–Trinajstić information content (AvgIpc) is 3.28. The number of hydrogen-bond acceptors (Lipinski definition) is 4. The number of anilines is 2. The van der Waals surface area contributed by atoms with E-state index < -0.39 is 0 Å². The minimum Gasteiger partial charge on any atom is -0.486 e. The molecule has 0 aliphatic heterocycles. The smallest absolute Gasteiger partial charge is 0.255 e. The van der Waals surface area contributed by atoms with Crippen molar-refractivity contribution in [3.8, 4) is 5.75 Å². The summed E-state index contributed by atoms with van der Waals surface area (Å²) in [6.07, 6.45) is 0. The second kappa shape index (κ2) is 10.8. The van der Waals surface area contributed by atoms with Crippen LogP contribution in [-0.2, 0) is 17.9 Å². The number of rotatable bonds is 8. The molecule has 0 aliphatic rings. The van der Waals surface area contributed by atoms with Crippen LogP contribution in [0.4, 0.5) is 11.4 Å². The van der Waals surface area contributed by atoms with E-state index in [1.165, 1.54) is 0 Å². The van der Waals surface area contributed by atoms with Gasteiger partial charge in [-0.05, 0) is 61.0 Å². The fraction of sp³-hybridized carbons (Fsp3) is 0.100. The highest BCUT2D eigenvalue weighted by atomic mass is 16.5. The first kappa shape index (κ1) is 23.8. The summed E-state index contributed by atoms with van der Waals surface area (Å²) in [6, 6.07) is 31.6. The van der Waals surface area contributed by atoms with Gasteiger partial charge in [-0.25, -0.2) is 4.98 Å². The standard InChI is InChI=1S/C30H26N4O3/c1-21-24(16-10-17-25(21)33-30(36)22-11-4-2-5-12-22)32-29(35)19-34-27-18-9-8-15-26(27)31-28(34)20-37-23-13-6-3-7-14-23/h2-18H,19-20H2,1H3,(H,32,35)(H,33,36). The molecule has 0 saturated carbocycles. The molecule has 1 heterocycles. The van der Waals surface area contributed by atoms with E-state index in [-0.39, 0.29) is 25.0 Å². The number of para-hydroxylation sites is 3. The highest BCUT2D eigenvalue weighted by Crippen LogP contribution is 2.25. The van der Waals surface area contributed by atoms with Crippen LogP contribution in [0.5, 0.6) is 5.75 Å². The maximum absolute atomic E-state index is 13.2. The summed E-state index contributed by atoms with van der Waals surface area (Å²) in [4.78, 5) is 30.5. The van der Waals surface area contributed by atoms with Crippen LogP contribution in [0.15, 0.2) is 103 Å². The van der Waals surface area contributed by atoms with Gasteiger partial charge in [0.25, 0.3) is 5.91 Å². The van der Waals surface area contributed by atoms with Crippen molar-refractivity contribution in [2.75, 3.05) is 10.6 Å². The van der Waals surface area contributed by atoms with Crippen molar-refractivity contribution in [3.63, 3.8) is 0 Å². The second-order valence-corrected chi connectivity index (χ2v) is 8.55.